The number of hydrogen-bond donors (Lipinski definition) is 1. The fourth-order valence-electron chi connectivity index (χ4n) is 1.92. The van der Waals surface area contributed by atoms with Crippen LogP contribution in [0.4, 0.5) is 5.69 Å². The number of furan rings is 1. The summed E-state index contributed by atoms with van der Waals surface area (Å²) in [4.78, 5) is 12.0. The molecule has 0 aliphatic carbocycles. The Morgan fingerprint density at radius 2 is 2.19 bits per heavy atom. The van der Waals surface area contributed by atoms with Gasteiger partial charge in [0.2, 0.25) is 5.91 Å². The van der Waals surface area contributed by atoms with Crippen molar-refractivity contribution in [1.29, 1.82) is 5.26 Å². The zero-order valence-corrected chi connectivity index (χ0v) is 12.0. The maximum Gasteiger partial charge on any atom is 0.224 e. The van der Waals surface area contributed by atoms with Gasteiger partial charge in [-0.2, -0.15) is 5.26 Å². The second-order valence-electron chi connectivity index (χ2n) is 4.58. The Morgan fingerprint density at radius 3 is 2.81 bits per heavy atom. The largest absolute Gasteiger partial charge is 0.497 e. The van der Waals surface area contributed by atoms with E-state index in [1.807, 2.05) is 25.1 Å². The van der Waals surface area contributed by atoms with Gasteiger partial charge in [0.15, 0.2) is 0 Å². The van der Waals surface area contributed by atoms with Gasteiger partial charge in [0.05, 0.1) is 18.4 Å². The van der Waals surface area contributed by atoms with E-state index in [0.717, 1.165) is 11.5 Å². The maximum atomic E-state index is 12.0. The van der Waals surface area contributed by atoms with Crippen LogP contribution < -0.4 is 10.1 Å². The number of nitrogens with one attached hydrogen (secondary N) is 1. The van der Waals surface area contributed by atoms with E-state index in [1.165, 1.54) is 7.11 Å². The molecule has 1 heterocycles. The van der Waals surface area contributed by atoms with Gasteiger partial charge in [0.1, 0.15) is 23.3 Å². The number of nitrogens with zero attached hydrogens (tertiary/aromatic N) is 1. The van der Waals surface area contributed by atoms with Gasteiger partial charge in [-0.05, 0) is 31.2 Å². The first-order valence-corrected chi connectivity index (χ1v) is 6.55. The Hall–Kier alpha value is -2.74. The van der Waals surface area contributed by atoms with Crippen LogP contribution in [0.15, 0.2) is 34.7 Å². The van der Waals surface area contributed by atoms with Crippen LogP contribution in [0.3, 0.4) is 0 Å². The molecule has 2 rings (SSSR count). The van der Waals surface area contributed by atoms with Crippen LogP contribution in [0.1, 0.15) is 23.5 Å². The van der Waals surface area contributed by atoms with Crippen molar-refractivity contribution in [3.05, 3.63) is 47.4 Å². The van der Waals surface area contributed by atoms with Gasteiger partial charge in [-0.15, -0.1) is 0 Å². The lowest BCUT2D eigenvalue weighted by molar-refractivity contribution is -0.116. The summed E-state index contributed by atoms with van der Waals surface area (Å²) in [6, 6.07) is 10.7. The van der Waals surface area contributed by atoms with E-state index >= 15 is 0 Å². The van der Waals surface area contributed by atoms with Gasteiger partial charge in [-0.1, -0.05) is 0 Å². The minimum Gasteiger partial charge on any atom is -0.497 e. The molecule has 1 aromatic heterocycles. The van der Waals surface area contributed by atoms with Gasteiger partial charge in [-0.25, -0.2) is 0 Å². The molecule has 1 amide bonds. The summed E-state index contributed by atoms with van der Waals surface area (Å²) in [5.41, 5.74) is 0.857. The smallest absolute Gasteiger partial charge is 0.224 e. The topological polar surface area (TPSA) is 75.3 Å². The minimum absolute atomic E-state index is 0.172. The second-order valence-corrected chi connectivity index (χ2v) is 4.58. The van der Waals surface area contributed by atoms with E-state index in [9.17, 15) is 4.79 Å². The molecule has 0 spiro atoms. The highest BCUT2D eigenvalue weighted by Gasteiger charge is 2.09. The molecule has 0 aliphatic rings. The van der Waals surface area contributed by atoms with E-state index < -0.39 is 0 Å². The Kier molecular flexibility index (Phi) is 4.62. The van der Waals surface area contributed by atoms with Crippen molar-refractivity contribution in [2.45, 2.75) is 19.8 Å². The van der Waals surface area contributed by atoms with Crippen molar-refractivity contribution in [2.75, 3.05) is 12.4 Å². The van der Waals surface area contributed by atoms with E-state index in [4.69, 9.17) is 14.4 Å². The van der Waals surface area contributed by atoms with Gasteiger partial charge >= 0.3 is 0 Å². The number of nitriles is 1. The van der Waals surface area contributed by atoms with E-state index in [1.54, 1.807) is 18.2 Å². The van der Waals surface area contributed by atoms with E-state index in [-0.39, 0.29) is 12.3 Å². The normalized spacial score (nSPS) is 9.95. The number of aryl methyl sites for hydroxylation is 2. The number of rotatable bonds is 5. The molecule has 21 heavy (non-hydrogen) atoms. The van der Waals surface area contributed by atoms with Crippen molar-refractivity contribution in [1.82, 2.24) is 0 Å². The van der Waals surface area contributed by atoms with Gasteiger partial charge in [0.25, 0.3) is 0 Å². The first-order chi connectivity index (χ1) is 10.1. The highest BCUT2D eigenvalue weighted by atomic mass is 16.5. The molecule has 0 atom stereocenters. The van der Waals surface area contributed by atoms with Crippen LogP contribution in [0.25, 0.3) is 0 Å². The number of hydrogen-bond acceptors (Lipinski definition) is 4. The molecule has 108 valence electrons. The quantitative estimate of drug-likeness (QED) is 0.915. The Bertz CT molecular complexity index is 683. The van der Waals surface area contributed by atoms with Gasteiger partial charge in [-0.3, -0.25) is 4.79 Å². The third-order valence-electron chi connectivity index (χ3n) is 3.02. The molecule has 0 unspecified atom stereocenters. The SMILES string of the molecule is COc1ccc(C#N)c(NC(=O)CCc2ccc(C)o2)c1. The molecule has 0 radical (unpaired) electrons. The average Bonchev–Trinajstić information content (AvgIpc) is 2.90. The first kappa shape index (κ1) is 14.7. The van der Waals surface area contributed by atoms with E-state index in [0.29, 0.717) is 23.4 Å². The predicted molar refractivity (Wildman–Crippen MR) is 78.1 cm³/mol. The number of carbonyl (C=O) groups excluding carboxylic acids is 1. The Balaban J connectivity index is 2.00. The Morgan fingerprint density at radius 1 is 1.38 bits per heavy atom. The minimum atomic E-state index is -0.172. The van der Waals surface area contributed by atoms with Crippen molar-refractivity contribution < 1.29 is 13.9 Å². The molecule has 0 aliphatic heterocycles. The van der Waals surface area contributed by atoms with Crippen LogP contribution in [-0.4, -0.2) is 13.0 Å². The molecule has 2 aromatic rings. The first-order valence-electron chi connectivity index (χ1n) is 6.55. The summed E-state index contributed by atoms with van der Waals surface area (Å²) in [6.07, 6.45) is 0.806. The Labute approximate surface area is 123 Å². The molecule has 0 saturated carbocycles. The van der Waals surface area contributed by atoms with E-state index in [2.05, 4.69) is 5.32 Å². The standard InChI is InChI=1S/C16H16N2O3/c1-11-3-5-13(21-11)7-8-16(19)18-15-9-14(20-2)6-4-12(15)10-17/h3-6,9H,7-8H2,1-2H3,(H,18,19). The number of ether oxygens (including phenoxy) is 1. The fourth-order valence-corrected chi connectivity index (χ4v) is 1.92. The van der Waals surface area contributed by atoms with Crippen molar-refractivity contribution in [2.24, 2.45) is 0 Å². The summed E-state index contributed by atoms with van der Waals surface area (Å²) >= 11 is 0. The molecule has 1 N–H and O–H groups in total. The molecule has 5 nitrogen and oxygen atoms in total. The monoisotopic (exact) mass is 284 g/mol. The molecule has 0 fully saturated rings. The van der Waals surface area contributed by atoms with Crippen molar-refractivity contribution >= 4 is 11.6 Å². The van der Waals surface area contributed by atoms with Crippen LogP contribution in [0.2, 0.25) is 0 Å². The third kappa shape index (κ3) is 3.86. The second kappa shape index (κ2) is 6.62. The van der Waals surface area contributed by atoms with Crippen molar-refractivity contribution in [3.63, 3.8) is 0 Å². The van der Waals surface area contributed by atoms with Crippen LogP contribution >= 0.6 is 0 Å². The zero-order valence-electron chi connectivity index (χ0n) is 12.0. The highest BCUT2D eigenvalue weighted by molar-refractivity contribution is 5.92. The lowest BCUT2D eigenvalue weighted by atomic mass is 10.1. The third-order valence-corrected chi connectivity index (χ3v) is 3.02. The predicted octanol–water partition coefficient (Wildman–Crippen LogP) is 3.04. The summed E-state index contributed by atoms with van der Waals surface area (Å²) < 4.78 is 10.5. The fraction of sp³-hybridized carbons (Fsp3) is 0.250. The van der Waals surface area contributed by atoms with Crippen LogP contribution in [0.5, 0.6) is 5.75 Å². The van der Waals surface area contributed by atoms with Crippen LogP contribution in [0, 0.1) is 18.3 Å². The van der Waals surface area contributed by atoms with Gasteiger partial charge in [0, 0.05) is 18.9 Å². The molecule has 5 heteroatoms. The number of anilines is 1. The lowest BCUT2D eigenvalue weighted by Gasteiger charge is -2.08. The summed E-state index contributed by atoms with van der Waals surface area (Å²) in [7, 11) is 1.53. The molecular weight excluding hydrogens is 268 g/mol. The highest BCUT2D eigenvalue weighted by Crippen LogP contribution is 2.22. The molecule has 0 saturated heterocycles. The summed E-state index contributed by atoms with van der Waals surface area (Å²) in [6.45, 7) is 1.86. The molecule has 0 bridgehead atoms. The zero-order chi connectivity index (χ0) is 15.2. The maximum absolute atomic E-state index is 12.0. The van der Waals surface area contributed by atoms with Crippen molar-refractivity contribution in [3.8, 4) is 11.8 Å². The molecular formula is C16H16N2O3. The average molecular weight is 284 g/mol. The van der Waals surface area contributed by atoms with Gasteiger partial charge < -0.3 is 14.5 Å². The summed E-state index contributed by atoms with van der Waals surface area (Å²) in [5.74, 6) is 2.01. The lowest BCUT2D eigenvalue weighted by Crippen LogP contribution is -2.13. The summed E-state index contributed by atoms with van der Waals surface area (Å²) in [5, 5.41) is 11.8. The number of benzene rings is 1. The number of amides is 1. The number of methoxy groups -OCH3 is 1. The number of carbonyl (C=O) groups is 1. The molecule has 1 aromatic carbocycles. The van der Waals surface area contributed by atoms with Crippen LogP contribution in [-0.2, 0) is 11.2 Å².